The highest BCUT2D eigenvalue weighted by Gasteiger charge is 2.21. The van der Waals surface area contributed by atoms with Gasteiger partial charge in [0.1, 0.15) is 0 Å². The lowest BCUT2D eigenvalue weighted by molar-refractivity contribution is -0.132. The van der Waals surface area contributed by atoms with Crippen LogP contribution in [0.15, 0.2) is 18.2 Å². The molecule has 1 aromatic rings. The number of carbonyl (C=O) groups is 2. The normalized spacial score (nSPS) is 13.8. The van der Waals surface area contributed by atoms with Crippen molar-refractivity contribution in [2.24, 2.45) is 5.92 Å². The highest BCUT2D eigenvalue weighted by atomic mass is 16.2. The van der Waals surface area contributed by atoms with Crippen molar-refractivity contribution >= 4 is 17.5 Å². The fourth-order valence-corrected chi connectivity index (χ4v) is 2.22. The molecule has 0 aromatic heterocycles. The number of aryl methyl sites for hydroxylation is 1. The SMILES string of the molecule is Cc1cccc(NC(=O)CN(C)C(=O)CNCC2CC2)c1C. The van der Waals surface area contributed by atoms with Gasteiger partial charge in [0.25, 0.3) is 0 Å². The van der Waals surface area contributed by atoms with E-state index in [4.69, 9.17) is 0 Å². The smallest absolute Gasteiger partial charge is 0.243 e. The molecule has 0 unspecified atom stereocenters. The molecule has 2 amide bonds. The van der Waals surface area contributed by atoms with E-state index in [0.717, 1.165) is 29.3 Å². The largest absolute Gasteiger partial charge is 0.335 e. The van der Waals surface area contributed by atoms with E-state index in [2.05, 4.69) is 10.6 Å². The van der Waals surface area contributed by atoms with Crippen LogP contribution in [0.4, 0.5) is 5.69 Å². The van der Waals surface area contributed by atoms with Gasteiger partial charge in [-0.05, 0) is 56.3 Å². The average Bonchev–Trinajstić information content (AvgIpc) is 3.28. The first-order valence-corrected chi connectivity index (χ1v) is 7.78. The fourth-order valence-electron chi connectivity index (χ4n) is 2.22. The minimum atomic E-state index is -0.174. The van der Waals surface area contributed by atoms with Crippen LogP contribution in [-0.2, 0) is 9.59 Å². The van der Waals surface area contributed by atoms with E-state index >= 15 is 0 Å². The van der Waals surface area contributed by atoms with E-state index in [0.29, 0.717) is 6.54 Å². The average molecular weight is 303 g/mol. The van der Waals surface area contributed by atoms with E-state index < -0.39 is 0 Å². The van der Waals surface area contributed by atoms with Gasteiger partial charge in [-0.3, -0.25) is 9.59 Å². The number of hydrogen-bond acceptors (Lipinski definition) is 3. The molecule has 120 valence electrons. The fraction of sp³-hybridized carbons (Fsp3) is 0.529. The Morgan fingerprint density at radius 1 is 1.27 bits per heavy atom. The molecule has 1 aliphatic carbocycles. The summed E-state index contributed by atoms with van der Waals surface area (Å²) in [4.78, 5) is 25.5. The second-order valence-corrected chi connectivity index (χ2v) is 6.12. The Bertz CT molecular complexity index is 553. The second-order valence-electron chi connectivity index (χ2n) is 6.12. The molecule has 0 atom stereocenters. The second kappa shape index (κ2) is 7.40. The van der Waals surface area contributed by atoms with Crippen molar-refractivity contribution in [3.8, 4) is 0 Å². The Kier molecular flexibility index (Phi) is 5.55. The minimum absolute atomic E-state index is 0.0586. The first kappa shape index (κ1) is 16.5. The molecule has 22 heavy (non-hydrogen) atoms. The van der Waals surface area contributed by atoms with Crippen LogP contribution in [0.25, 0.3) is 0 Å². The molecule has 5 heteroatoms. The molecule has 0 spiro atoms. The van der Waals surface area contributed by atoms with Gasteiger partial charge in [0.15, 0.2) is 0 Å². The lowest BCUT2D eigenvalue weighted by atomic mass is 10.1. The van der Waals surface area contributed by atoms with Gasteiger partial charge in [0.05, 0.1) is 13.1 Å². The van der Waals surface area contributed by atoms with Gasteiger partial charge < -0.3 is 15.5 Å². The van der Waals surface area contributed by atoms with Crippen molar-refractivity contribution in [2.45, 2.75) is 26.7 Å². The Labute approximate surface area is 132 Å². The molecule has 1 aromatic carbocycles. The summed E-state index contributed by atoms with van der Waals surface area (Å²) in [7, 11) is 1.66. The number of benzene rings is 1. The van der Waals surface area contributed by atoms with Crippen LogP contribution in [0.5, 0.6) is 0 Å². The highest BCUT2D eigenvalue weighted by molar-refractivity contribution is 5.95. The predicted octanol–water partition coefficient (Wildman–Crippen LogP) is 1.70. The first-order valence-electron chi connectivity index (χ1n) is 7.78. The summed E-state index contributed by atoms with van der Waals surface area (Å²) < 4.78 is 0. The van der Waals surface area contributed by atoms with E-state index in [-0.39, 0.29) is 18.4 Å². The Hall–Kier alpha value is -1.88. The molecular weight excluding hydrogens is 278 g/mol. The van der Waals surface area contributed by atoms with Gasteiger partial charge in [-0.1, -0.05) is 12.1 Å². The van der Waals surface area contributed by atoms with Crippen molar-refractivity contribution in [2.75, 3.05) is 32.0 Å². The van der Waals surface area contributed by atoms with E-state index in [1.165, 1.54) is 17.7 Å². The van der Waals surface area contributed by atoms with E-state index in [1.54, 1.807) is 7.05 Å². The third-order valence-corrected chi connectivity index (χ3v) is 4.09. The first-order chi connectivity index (χ1) is 10.5. The lowest BCUT2D eigenvalue weighted by Gasteiger charge is -2.18. The standard InChI is InChI=1S/C17H25N3O2/c1-12-5-4-6-15(13(12)2)19-16(21)11-20(3)17(22)10-18-9-14-7-8-14/h4-6,14,18H,7-11H2,1-3H3,(H,19,21). The molecule has 2 N–H and O–H groups in total. The van der Waals surface area contributed by atoms with Crippen molar-refractivity contribution in [1.82, 2.24) is 10.2 Å². The molecule has 1 aliphatic rings. The quantitative estimate of drug-likeness (QED) is 0.806. The molecule has 0 radical (unpaired) electrons. The van der Waals surface area contributed by atoms with Crippen molar-refractivity contribution in [3.05, 3.63) is 29.3 Å². The molecule has 0 bridgehead atoms. The van der Waals surface area contributed by atoms with E-state index in [9.17, 15) is 9.59 Å². The van der Waals surface area contributed by atoms with Crippen LogP contribution < -0.4 is 10.6 Å². The molecule has 0 saturated heterocycles. The van der Waals surface area contributed by atoms with Crippen LogP contribution in [0.3, 0.4) is 0 Å². The molecular formula is C17H25N3O2. The third kappa shape index (κ3) is 4.84. The monoisotopic (exact) mass is 303 g/mol. The molecule has 1 saturated carbocycles. The summed E-state index contributed by atoms with van der Waals surface area (Å²) in [6.07, 6.45) is 2.52. The Balaban J connectivity index is 1.77. The van der Waals surface area contributed by atoms with Gasteiger partial charge in [-0.25, -0.2) is 0 Å². The summed E-state index contributed by atoms with van der Waals surface area (Å²) in [6.45, 7) is 5.24. The maximum Gasteiger partial charge on any atom is 0.243 e. The molecule has 2 rings (SSSR count). The zero-order valence-electron chi connectivity index (χ0n) is 13.6. The number of amides is 2. The van der Waals surface area contributed by atoms with Crippen molar-refractivity contribution in [3.63, 3.8) is 0 Å². The third-order valence-electron chi connectivity index (χ3n) is 4.09. The summed E-state index contributed by atoms with van der Waals surface area (Å²) in [5, 5.41) is 6.01. The van der Waals surface area contributed by atoms with Crippen LogP contribution in [0, 0.1) is 19.8 Å². The van der Waals surface area contributed by atoms with Crippen LogP contribution in [0.2, 0.25) is 0 Å². The number of anilines is 1. The van der Waals surface area contributed by atoms with Crippen molar-refractivity contribution < 1.29 is 9.59 Å². The van der Waals surface area contributed by atoms with Crippen LogP contribution >= 0.6 is 0 Å². The Morgan fingerprint density at radius 2 is 2.00 bits per heavy atom. The maximum atomic E-state index is 12.1. The molecule has 0 aliphatic heterocycles. The van der Waals surface area contributed by atoms with Gasteiger partial charge >= 0.3 is 0 Å². The molecule has 5 nitrogen and oxygen atoms in total. The lowest BCUT2D eigenvalue weighted by Crippen LogP contribution is -2.40. The summed E-state index contributed by atoms with van der Waals surface area (Å²) in [5.74, 6) is 0.509. The van der Waals surface area contributed by atoms with Crippen LogP contribution in [-0.4, -0.2) is 43.4 Å². The number of nitrogens with zero attached hydrogens (tertiary/aromatic N) is 1. The molecule has 0 heterocycles. The van der Waals surface area contributed by atoms with Gasteiger partial charge in [-0.2, -0.15) is 0 Å². The maximum absolute atomic E-state index is 12.1. The number of rotatable bonds is 7. The zero-order chi connectivity index (χ0) is 16.1. The topological polar surface area (TPSA) is 61.4 Å². The summed E-state index contributed by atoms with van der Waals surface area (Å²) in [5.41, 5.74) is 2.99. The van der Waals surface area contributed by atoms with Crippen LogP contribution in [0.1, 0.15) is 24.0 Å². The molecule has 1 fully saturated rings. The van der Waals surface area contributed by atoms with Gasteiger partial charge in [0.2, 0.25) is 11.8 Å². The summed E-state index contributed by atoms with van der Waals surface area (Å²) in [6, 6.07) is 5.79. The van der Waals surface area contributed by atoms with Crippen molar-refractivity contribution in [1.29, 1.82) is 0 Å². The Morgan fingerprint density at radius 3 is 2.68 bits per heavy atom. The predicted molar refractivity (Wildman–Crippen MR) is 87.8 cm³/mol. The number of carbonyl (C=O) groups excluding carboxylic acids is 2. The number of hydrogen-bond donors (Lipinski definition) is 2. The summed E-state index contributed by atoms with van der Waals surface area (Å²) >= 11 is 0. The zero-order valence-corrected chi connectivity index (χ0v) is 13.6. The van der Waals surface area contributed by atoms with Gasteiger partial charge in [0, 0.05) is 12.7 Å². The highest BCUT2D eigenvalue weighted by Crippen LogP contribution is 2.27. The minimum Gasteiger partial charge on any atom is -0.335 e. The van der Waals surface area contributed by atoms with E-state index in [1.807, 2.05) is 32.0 Å². The number of likely N-dealkylation sites (N-methyl/N-ethyl adjacent to an activating group) is 1. The number of nitrogens with one attached hydrogen (secondary N) is 2. The van der Waals surface area contributed by atoms with Gasteiger partial charge in [-0.15, -0.1) is 0 Å².